The van der Waals surface area contributed by atoms with E-state index < -0.39 is 0 Å². The van der Waals surface area contributed by atoms with Crippen molar-refractivity contribution < 1.29 is 4.79 Å². The van der Waals surface area contributed by atoms with E-state index in [9.17, 15) is 4.79 Å². The molecule has 2 aromatic carbocycles. The Balaban J connectivity index is 1.86. The minimum Gasteiger partial charge on any atom is -0.372 e. The standard InChI is InChI=1S/C22H23BrClN3OS/c1-4-26(5-2)17-10-7-15(8-11-17)13-20-21(28)27(6-3)22(29-20)25-16-9-12-18(23)19(24)14-16/h7-14H,4-6H2,1-3H3/b20-13-,25-22?. The number of nitrogens with zero attached hydrogens (tertiary/aromatic N) is 3. The lowest BCUT2D eigenvalue weighted by Gasteiger charge is -2.20. The van der Waals surface area contributed by atoms with Crippen molar-refractivity contribution in [3.05, 3.63) is 62.4 Å². The average molecular weight is 493 g/mol. The highest BCUT2D eigenvalue weighted by Gasteiger charge is 2.32. The van der Waals surface area contributed by atoms with Crippen LogP contribution in [0.2, 0.25) is 5.02 Å². The summed E-state index contributed by atoms with van der Waals surface area (Å²) in [6.45, 7) is 8.74. The van der Waals surface area contributed by atoms with Crippen LogP contribution < -0.4 is 4.90 Å². The van der Waals surface area contributed by atoms with E-state index in [2.05, 4.69) is 63.9 Å². The summed E-state index contributed by atoms with van der Waals surface area (Å²) in [5.74, 6) is -0.0210. The Kier molecular flexibility index (Phi) is 7.44. The van der Waals surface area contributed by atoms with Gasteiger partial charge in [0, 0.05) is 29.8 Å². The Bertz CT molecular complexity index is 955. The van der Waals surface area contributed by atoms with Gasteiger partial charge in [-0.3, -0.25) is 9.69 Å². The molecular weight excluding hydrogens is 470 g/mol. The van der Waals surface area contributed by atoms with Gasteiger partial charge in [-0.15, -0.1) is 0 Å². The normalized spacial score (nSPS) is 16.9. The molecule has 4 nitrogen and oxygen atoms in total. The number of carbonyl (C=O) groups is 1. The molecule has 0 N–H and O–H groups in total. The Morgan fingerprint density at radius 3 is 2.41 bits per heavy atom. The molecule has 3 rings (SSSR count). The Labute approximate surface area is 189 Å². The average Bonchev–Trinajstić information content (AvgIpc) is 3.01. The van der Waals surface area contributed by atoms with Gasteiger partial charge in [-0.1, -0.05) is 23.7 Å². The van der Waals surface area contributed by atoms with E-state index in [1.165, 1.54) is 17.4 Å². The van der Waals surface area contributed by atoms with Crippen LogP contribution in [0, 0.1) is 0 Å². The summed E-state index contributed by atoms with van der Waals surface area (Å²) >= 11 is 10.9. The number of benzene rings is 2. The third-order valence-electron chi connectivity index (χ3n) is 4.65. The number of hydrogen-bond acceptors (Lipinski definition) is 4. The van der Waals surface area contributed by atoms with Gasteiger partial charge in [-0.25, -0.2) is 4.99 Å². The van der Waals surface area contributed by atoms with Gasteiger partial charge >= 0.3 is 0 Å². The molecule has 0 saturated carbocycles. The zero-order valence-corrected chi connectivity index (χ0v) is 19.8. The van der Waals surface area contributed by atoms with Crippen LogP contribution in [0.15, 0.2) is 56.8 Å². The van der Waals surface area contributed by atoms with Gasteiger partial charge in [-0.2, -0.15) is 0 Å². The maximum atomic E-state index is 12.8. The van der Waals surface area contributed by atoms with Crippen molar-refractivity contribution in [3.8, 4) is 0 Å². The number of amidine groups is 1. The topological polar surface area (TPSA) is 35.9 Å². The zero-order chi connectivity index (χ0) is 21.0. The van der Waals surface area contributed by atoms with E-state index in [0.29, 0.717) is 21.6 Å². The van der Waals surface area contributed by atoms with Crippen LogP contribution in [-0.2, 0) is 4.79 Å². The van der Waals surface area contributed by atoms with Crippen LogP contribution in [-0.4, -0.2) is 35.6 Å². The molecule has 0 bridgehead atoms. The second kappa shape index (κ2) is 9.83. The van der Waals surface area contributed by atoms with E-state index in [1.807, 2.05) is 25.1 Å². The van der Waals surface area contributed by atoms with Gasteiger partial charge in [0.25, 0.3) is 5.91 Å². The van der Waals surface area contributed by atoms with Crippen molar-refractivity contribution in [2.24, 2.45) is 4.99 Å². The molecule has 152 valence electrons. The van der Waals surface area contributed by atoms with Gasteiger partial charge < -0.3 is 4.90 Å². The highest BCUT2D eigenvalue weighted by molar-refractivity contribution is 9.10. The van der Waals surface area contributed by atoms with Gasteiger partial charge in [0.05, 0.1) is 15.6 Å². The molecule has 7 heteroatoms. The molecule has 2 aromatic rings. The first-order valence-corrected chi connectivity index (χ1v) is 11.6. The minimum atomic E-state index is -0.0210. The number of likely N-dealkylation sites (N-methyl/N-ethyl adjacent to an activating group) is 1. The van der Waals surface area contributed by atoms with Crippen molar-refractivity contribution in [3.63, 3.8) is 0 Å². The lowest BCUT2D eigenvalue weighted by atomic mass is 10.1. The second-order valence-electron chi connectivity index (χ2n) is 6.42. The Morgan fingerprint density at radius 1 is 1.14 bits per heavy atom. The smallest absolute Gasteiger partial charge is 0.266 e. The molecule has 1 amide bonds. The van der Waals surface area contributed by atoms with Crippen LogP contribution in [0.5, 0.6) is 0 Å². The first-order valence-electron chi connectivity index (χ1n) is 9.57. The van der Waals surface area contributed by atoms with Crippen molar-refractivity contribution in [1.82, 2.24) is 4.90 Å². The predicted octanol–water partition coefficient (Wildman–Crippen LogP) is 6.57. The molecule has 0 atom stereocenters. The fourth-order valence-electron chi connectivity index (χ4n) is 3.06. The van der Waals surface area contributed by atoms with Gasteiger partial charge in [0.2, 0.25) is 0 Å². The molecule has 0 aliphatic carbocycles. The van der Waals surface area contributed by atoms with Gasteiger partial charge in [-0.05, 0) is 90.4 Å². The van der Waals surface area contributed by atoms with Crippen molar-refractivity contribution in [1.29, 1.82) is 0 Å². The number of aliphatic imine (C=N–C) groups is 1. The molecule has 29 heavy (non-hydrogen) atoms. The number of carbonyl (C=O) groups excluding carboxylic acids is 1. The predicted molar refractivity (Wildman–Crippen MR) is 129 cm³/mol. The summed E-state index contributed by atoms with van der Waals surface area (Å²) in [4.78, 5) is 22.1. The maximum absolute atomic E-state index is 12.8. The fraction of sp³-hybridized carbons (Fsp3) is 0.273. The van der Waals surface area contributed by atoms with Crippen LogP contribution in [0.3, 0.4) is 0 Å². The van der Waals surface area contributed by atoms with Crippen LogP contribution in [0.4, 0.5) is 11.4 Å². The van der Waals surface area contributed by atoms with E-state index in [0.717, 1.165) is 28.8 Å². The lowest BCUT2D eigenvalue weighted by Crippen LogP contribution is -2.28. The Morgan fingerprint density at radius 2 is 1.83 bits per heavy atom. The molecule has 1 saturated heterocycles. The van der Waals surface area contributed by atoms with Crippen LogP contribution >= 0.6 is 39.3 Å². The molecule has 0 spiro atoms. The summed E-state index contributed by atoms with van der Waals surface area (Å²) in [7, 11) is 0. The summed E-state index contributed by atoms with van der Waals surface area (Å²) in [5.41, 5.74) is 2.91. The molecule has 1 aliphatic heterocycles. The number of hydrogen-bond donors (Lipinski definition) is 0. The highest BCUT2D eigenvalue weighted by Crippen LogP contribution is 2.35. The number of anilines is 1. The van der Waals surface area contributed by atoms with Gasteiger partial charge in [0.15, 0.2) is 5.17 Å². The van der Waals surface area contributed by atoms with E-state index in [4.69, 9.17) is 11.6 Å². The van der Waals surface area contributed by atoms with E-state index in [1.54, 1.807) is 11.0 Å². The molecule has 1 fully saturated rings. The molecule has 0 aromatic heterocycles. The monoisotopic (exact) mass is 491 g/mol. The largest absolute Gasteiger partial charge is 0.372 e. The third kappa shape index (κ3) is 5.05. The van der Waals surface area contributed by atoms with Crippen molar-refractivity contribution in [2.45, 2.75) is 20.8 Å². The first-order chi connectivity index (χ1) is 14.0. The molecule has 1 aliphatic rings. The summed E-state index contributed by atoms with van der Waals surface area (Å²) in [5, 5.41) is 1.26. The summed E-state index contributed by atoms with van der Waals surface area (Å²) < 4.78 is 0.819. The third-order valence-corrected chi connectivity index (χ3v) is 6.89. The first kappa shape index (κ1) is 21.9. The van der Waals surface area contributed by atoms with Crippen LogP contribution in [0.1, 0.15) is 26.3 Å². The quantitative estimate of drug-likeness (QED) is 0.428. The lowest BCUT2D eigenvalue weighted by molar-refractivity contribution is -0.122. The Hall–Kier alpha value is -1.76. The van der Waals surface area contributed by atoms with Crippen molar-refractivity contribution >= 4 is 67.8 Å². The fourth-order valence-corrected chi connectivity index (χ4v) is 4.54. The maximum Gasteiger partial charge on any atom is 0.266 e. The molecule has 0 unspecified atom stereocenters. The molecule has 0 radical (unpaired) electrons. The summed E-state index contributed by atoms with van der Waals surface area (Å²) in [6, 6.07) is 13.8. The minimum absolute atomic E-state index is 0.0210. The molecular formula is C22H23BrClN3OS. The van der Waals surface area contributed by atoms with E-state index in [-0.39, 0.29) is 5.91 Å². The summed E-state index contributed by atoms with van der Waals surface area (Å²) in [6.07, 6.45) is 1.93. The van der Waals surface area contributed by atoms with Crippen molar-refractivity contribution in [2.75, 3.05) is 24.5 Å². The number of amides is 1. The zero-order valence-electron chi connectivity index (χ0n) is 16.7. The molecule has 1 heterocycles. The SMILES string of the molecule is CCN1C(=O)/C(=C/c2ccc(N(CC)CC)cc2)SC1=Nc1ccc(Br)c(Cl)c1. The van der Waals surface area contributed by atoms with Gasteiger partial charge in [0.1, 0.15) is 0 Å². The number of rotatable bonds is 6. The number of halogens is 2. The van der Waals surface area contributed by atoms with Crippen LogP contribution in [0.25, 0.3) is 6.08 Å². The second-order valence-corrected chi connectivity index (χ2v) is 8.69. The highest BCUT2D eigenvalue weighted by atomic mass is 79.9. The number of thioether (sulfide) groups is 1. The van der Waals surface area contributed by atoms with E-state index >= 15 is 0 Å².